The molecule has 0 amide bonds. The molecule has 3 aliphatic rings. The highest BCUT2D eigenvalue weighted by Crippen LogP contribution is 2.53. The number of rotatable bonds is 2. The first kappa shape index (κ1) is 20.6. The summed E-state index contributed by atoms with van der Waals surface area (Å²) in [4.78, 5) is 40.1. The molecule has 0 fully saturated rings. The predicted molar refractivity (Wildman–Crippen MR) is 114 cm³/mol. The van der Waals surface area contributed by atoms with Crippen molar-refractivity contribution in [1.29, 1.82) is 0 Å². The lowest BCUT2D eigenvalue weighted by Crippen LogP contribution is -2.43. The molecule has 158 valence electrons. The van der Waals surface area contributed by atoms with Gasteiger partial charge in [-0.05, 0) is 41.4 Å². The van der Waals surface area contributed by atoms with Crippen LogP contribution in [0.3, 0.4) is 0 Å². The van der Waals surface area contributed by atoms with E-state index in [4.69, 9.17) is 0 Å². The Bertz CT molecular complexity index is 970. The van der Waals surface area contributed by atoms with Crippen molar-refractivity contribution in [2.24, 2.45) is 10.8 Å². The van der Waals surface area contributed by atoms with Gasteiger partial charge < -0.3 is 10.0 Å². The third-order valence-electron chi connectivity index (χ3n) is 6.67. The van der Waals surface area contributed by atoms with E-state index >= 15 is 0 Å². The topological polar surface area (TPSA) is 74.7 Å². The number of carboxylic acids is 1. The molecule has 1 heterocycles. The SMILES string of the molecule is CN1C2=C(C(=O)CC(C)(C)C2)C(c2ccc(C(=O)O)cc2)C2=C1CC(C)(C)CC2=O. The molecule has 0 saturated heterocycles. The van der Waals surface area contributed by atoms with Crippen LogP contribution in [-0.2, 0) is 9.59 Å². The highest BCUT2D eigenvalue weighted by atomic mass is 16.4. The number of carbonyl (C=O) groups is 3. The molecule has 0 unspecified atom stereocenters. The summed E-state index contributed by atoms with van der Waals surface area (Å²) in [6, 6.07) is 6.64. The number of benzene rings is 1. The number of carboxylic acid groups (broad SMARTS) is 1. The maximum absolute atomic E-state index is 13.3. The maximum Gasteiger partial charge on any atom is 0.335 e. The van der Waals surface area contributed by atoms with Gasteiger partial charge in [-0.1, -0.05) is 39.8 Å². The minimum Gasteiger partial charge on any atom is -0.478 e. The first-order chi connectivity index (χ1) is 13.9. The number of Topliss-reactive ketones (excluding diaryl/α,β-unsaturated/α-hetero) is 2. The van der Waals surface area contributed by atoms with Crippen LogP contribution in [0.5, 0.6) is 0 Å². The summed E-state index contributed by atoms with van der Waals surface area (Å²) in [5, 5.41) is 9.26. The molecule has 0 atom stereocenters. The third-order valence-corrected chi connectivity index (χ3v) is 6.67. The van der Waals surface area contributed by atoms with Crippen LogP contribution in [0.25, 0.3) is 0 Å². The summed E-state index contributed by atoms with van der Waals surface area (Å²) in [6.45, 7) is 8.44. The maximum atomic E-state index is 13.3. The average molecular weight is 408 g/mol. The van der Waals surface area contributed by atoms with Crippen molar-refractivity contribution in [3.63, 3.8) is 0 Å². The van der Waals surface area contributed by atoms with Crippen molar-refractivity contribution >= 4 is 17.5 Å². The molecule has 0 saturated carbocycles. The number of hydrogen-bond acceptors (Lipinski definition) is 4. The molecule has 4 rings (SSSR count). The van der Waals surface area contributed by atoms with Crippen LogP contribution in [0, 0.1) is 10.8 Å². The van der Waals surface area contributed by atoms with Crippen molar-refractivity contribution in [3.05, 3.63) is 57.9 Å². The van der Waals surface area contributed by atoms with Crippen molar-refractivity contribution in [3.8, 4) is 0 Å². The van der Waals surface area contributed by atoms with Crippen LogP contribution in [0.15, 0.2) is 46.8 Å². The van der Waals surface area contributed by atoms with Gasteiger partial charge in [0.05, 0.1) is 5.56 Å². The summed E-state index contributed by atoms with van der Waals surface area (Å²) in [6.07, 6.45) is 2.46. The summed E-state index contributed by atoms with van der Waals surface area (Å²) >= 11 is 0. The van der Waals surface area contributed by atoms with Gasteiger partial charge in [0, 0.05) is 48.3 Å². The van der Waals surface area contributed by atoms with Gasteiger partial charge in [0.2, 0.25) is 0 Å². The number of hydrogen-bond donors (Lipinski definition) is 1. The number of carbonyl (C=O) groups excluding carboxylic acids is 2. The van der Waals surface area contributed by atoms with Gasteiger partial charge in [0.1, 0.15) is 0 Å². The van der Waals surface area contributed by atoms with Gasteiger partial charge in [0.25, 0.3) is 0 Å². The molecule has 1 aliphatic heterocycles. The van der Waals surface area contributed by atoms with E-state index in [0.29, 0.717) is 24.0 Å². The molecular formula is C25H29NO4. The zero-order chi connectivity index (χ0) is 22.0. The van der Waals surface area contributed by atoms with Crippen molar-refractivity contribution in [1.82, 2.24) is 4.90 Å². The van der Waals surface area contributed by atoms with Gasteiger partial charge in [0.15, 0.2) is 11.6 Å². The highest BCUT2D eigenvalue weighted by Gasteiger charge is 2.48. The average Bonchev–Trinajstić information content (AvgIpc) is 2.62. The molecule has 5 nitrogen and oxygen atoms in total. The zero-order valence-electron chi connectivity index (χ0n) is 18.3. The molecule has 0 aromatic heterocycles. The molecular weight excluding hydrogens is 378 g/mol. The fourth-order valence-corrected chi connectivity index (χ4v) is 5.32. The Morgan fingerprint density at radius 2 is 1.30 bits per heavy atom. The van der Waals surface area contributed by atoms with E-state index in [2.05, 4.69) is 32.6 Å². The van der Waals surface area contributed by atoms with E-state index in [9.17, 15) is 19.5 Å². The molecule has 1 aromatic carbocycles. The van der Waals surface area contributed by atoms with Crippen LogP contribution >= 0.6 is 0 Å². The smallest absolute Gasteiger partial charge is 0.335 e. The van der Waals surface area contributed by atoms with E-state index in [1.54, 1.807) is 24.3 Å². The Balaban J connectivity index is 1.93. The zero-order valence-corrected chi connectivity index (χ0v) is 18.3. The van der Waals surface area contributed by atoms with Gasteiger partial charge in [-0.3, -0.25) is 9.59 Å². The Hall–Kier alpha value is -2.69. The highest BCUT2D eigenvalue weighted by molar-refractivity contribution is 6.06. The largest absolute Gasteiger partial charge is 0.478 e. The normalized spacial score (nSPS) is 23.4. The molecule has 1 aromatic rings. The van der Waals surface area contributed by atoms with E-state index in [-0.39, 0.29) is 28.0 Å². The van der Waals surface area contributed by atoms with Gasteiger partial charge >= 0.3 is 5.97 Å². The van der Waals surface area contributed by atoms with Gasteiger partial charge in [-0.2, -0.15) is 0 Å². The third kappa shape index (κ3) is 3.30. The second-order valence-corrected chi connectivity index (χ2v) is 10.5. The second kappa shape index (κ2) is 6.66. The van der Waals surface area contributed by atoms with Gasteiger partial charge in [-0.15, -0.1) is 0 Å². The van der Waals surface area contributed by atoms with Crippen LogP contribution in [0.2, 0.25) is 0 Å². The molecule has 30 heavy (non-hydrogen) atoms. The summed E-state index contributed by atoms with van der Waals surface area (Å²) in [5.74, 6) is -1.23. The van der Waals surface area contributed by atoms with Gasteiger partial charge in [-0.25, -0.2) is 4.79 Å². The predicted octanol–water partition coefficient (Wildman–Crippen LogP) is 4.70. The number of aromatic carboxylic acids is 1. The fourth-order valence-electron chi connectivity index (χ4n) is 5.32. The standard InChI is InChI=1S/C25H29NO4/c1-24(2)10-16-21(18(27)12-24)20(14-6-8-15(9-7-14)23(29)30)22-17(26(16)5)11-25(3,4)13-19(22)28/h6-9,20H,10-13H2,1-5H3,(H,29,30). The first-order valence-corrected chi connectivity index (χ1v) is 10.5. The minimum absolute atomic E-state index is 0.0876. The summed E-state index contributed by atoms with van der Waals surface area (Å²) < 4.78 is 0. The Labute approximate surface area is 177 Å². The molecule has 0 radical (unpaired) electrons. The van der Waals surface area contributed by atoms with E-state index in [1.165, 1.54) is 0 Å². The quantitative estimate of drug-likeness (QED) is 0.769. The Morgan fingerprint density at radius 3 is 1.70 bits per heavy atom. The second-order valence-electron chi connectivity index (χ2n) is 10.5. The molecule has 2 aliphatic carbocycles. The summed E-state index contributed by atoms with van der Waals surface area (Å²) in [7, 11) is 1.98. The van der Waals surface area contributed by atoms with Crippen LogP contribution < -0.4 is 0 Å². The lowest BCUT2D eigenvalue weighted by Gasteiger charge is -2.47. The monoisotopic (exact) mass is 407 g/mol. The van der Waals surface area contributed by atoms with E-state index < -0.39 is 11.9 Å². The number of ketones is 2. The van der Waals surface area contributed by atoms with Crippen molar-refractivity contribution in [2.75, 3.05) is 7.05 Å². The van der Waals surface area contributed by atoms with E-state index in [0.717, 1.165) is 29.8 Å². The molecule has 0 spiro atoms. The minimum atomic E-state index is -0.990. The van der Waals surface area contributed by atoms with Crippen LogP contribution in [0.4, 0.5) is 0 Å². The fraction of sp³-hybridized carbons (Fsp3) is 0.480. The summed E-state index contributed by atoms with van der Waals surface area (Å²) in [5.41, 5.74) is 4.19. The molecule has 1 N–H and O–H groups in total. The lowest BCUT2D eigenvalue weighted by atomic mass is 9.64. The van der Waals surface area contributed by atoms with Crippen molar-refractivity contribution < 1.29 is 19.5 Å². The van der Waals surface area contributed by atoms with E-state index in [1.807, 2.05) is 7.05 Å². The lowest BCUT2D eigenvalue weighted by molar-refractivity contribution is -0.119. The first-order valence-electron chi connectivity index (χ1n) is 10.5. The number of nitrogens with zero attached hydrogens (tertiary/aromatic N) is 1. The van der Waals surface area contributed by atoms with Crippen LogP contribution in [0.1, 0.15) is 75.2 Å². The van der Waals surface area contributed by atoms with Crippen molar-refractivity contribution in [2.45, 2.75) is 59.3 Å². The Kier molecular flexibility index (Phi) is 4.57. The number of allylic oxidation sites excluding steroid dienone is 4. The molecule has 5 heteroatoms. The molecule has 0 bridgehead atoms. The Morgan fingerprint density at radius 1 is 0.867 bits per heavy atom. The van der Waals surface area contributed by atoms with Crippen LogP contribution in [-0.4, -0.2) is 34.6 Å².